The first-order chi connectivity index (χ1) is 12.1. The van der Waals surface area contributed by atoms with Crippen LogP contribution in [-0.4, -0.2) is 53.9 Å². The first-order valence-corrected chi connectivity index (χ1v) is 9.30. The first-order valence-electron chi connectivity index (χ1n) is 9.30. The molecule has 1 amide bonds. The normalized spacial score (nSPS) is 22.1. The number of likely N-dealkylation sites (tertiary alicyclic amines) is 1. The Morgan fingerprint density at radius 3 is 2.76 bits per heavy atom. The van der Waals surface area contributed by atoms with Gasteiger partial charge < -0.3 is 18.9 Å². The lowest BCUT2D eigenvalue weighted by Crippen LogP contribution is -2.43. The Balaban J connectivity index is 1.42. The van der Waals surface area contributed by atoms with Crippen LogP contribution in [0, 0.1) is 6.92 Å². The highest BCUT2D eigenvalue weighted by atomic mass is 16.5. The SMILES string of the molecule is Cc1ccn(CC(=O)N2CCC(OCC3CCCCO3)CC2)c(=O)c1. The summed E-state index contributed by atoms with van der Waals surface area (Å²) in [7, 11) is 0. The minimum Gasteiger partial charge on any atom is -0.376 e. The number of carbonyl (C=O) groups is 1. The van der Waals surface area contributed by atoms with Gasteiger partial charge in [0, 0.05) is 32.0 Å². The summed E-state index contributed by atoms with van der Waals surface area (Å²) in [6.07, 6.45) is 7.29. The van der Waals surface area contributed by atoms with E-state index in [0.29, 0.717) is 19.7 Å². The Labute approximate surface area is 148 Å². The van der Waals surface area contributed by atoms with Crippen LogP contribution in [0.1, 0.15) is 37.7 Å². The van der Waals surface area contributed by atoms with Gasteiger partial charge in [-0.25, -0.2) is 0 Å². The van der Waals surface area contributed by atoms with Gasteiger partial charge >= 0.3 is 0 Å². The molecule has 138 valence electrons. The average molecular weight is 348 g/mol. The number of piperidine rings is 1. The van der Waals surface area contributed by atoms with E-state index in [1.54, 1.807) is 12.3 Å². The van der Waals surface area contributed by atoms with Crippen molar-refractivity contribution in [2.75, 3.05) is 26.3 Å². The Morgan fingerprint density at radius 1 is 1.28 bits per heavy atom. The quantitative estimate of drug-likeness (QED) is 0.813. The molecule has 0 N–H and O–H groups in total. The highest BCUT2D eigenvalue weighted by Gasteiger charge is 2.24. The van der Waals surface area contributed by atoms with Gasteiger partial charge in [-0.1, -0.05) is 0 Å². The molecule has 2 aliphatic heterocycles. The maximum absolute atomic E-state index is 12.4. The molecule has 3 rings (SSSR count). The van der Waals surface area contributed by atoms with E-state index in [1.165, 1.54) is 11.0 Å². The second kappa shape index (κ2) is 8.63. The first kappa shape index (κ1) is 18.1. The van der Waals surface area contributed by atoms with E-state index in [9.17, 15) is 9.59 Å². The Hall–Kier alpha value is -1.66. The second-order valence-corrected chi connectivity index (χ2v) is 7.07. The van der Waals surface area contributed by atoms with E-state index >= 15 is 0 Å². The maximum atomic E-state index is 12.4. The van der Waals surface area contributed by atoms with Crippen LogP contribution in [0.25, 0.3) is 0 Å². The van der Waals surface area contributed by atoms with Gasteiger partial charge in [0.05, 0.1) is 18.8 Å². The summed E-state index contributed by atoms with van der Waals surface area (Å²) in [5, 5.41) is 0. The van der Waals surface area contributed by atoms with Gasteiger partial charge in [-0.15, -0.1) is 0 Å². The van der Waals surface area contributed by atoms with Gasteiger partial charge in [0.1, 0.15) is 6.54 Å². The highest BCUT2D eigenvalue weighted by molar-refractivity contribution is 5.76. The van der Waals surface area contributed by atoms with E-state index in [-0.39, 0.29) is 30.2 Å². The number of nitrogens with zero attached hydrogens (tertiary/aromatic N) is 2. The molecule has 1 atom stereocenters. The summed E-state index contributed by atoms with van der Waals surface area (Å²) in [5.74, 6) is 0.0000157. The predicted octanol–water partition coefficient (Wildman–Crippen LogP) is 1.73. The standard InChI is InChI=1S/C19H28N2O4/c1-15-5-8-21(18(22)12-15)13-19(23)20-9-6-16(7-10-20)25-14-17-4-2-3-11-24-17/h5,8,12,16-17H,2-4,6-7,9-11,13-14H2,1H3. The third-order valence-corrected chi connectivity index (χ3v) is 5.04. The van der Waals surface area contributed by atoms with Crippen molar-refractivity contribution in [3.8, 4) is 0 Å². The number of aromatic nitrogens is 1. The molecule has 0 bridgehead atoms. The second-order valence-electron chi connectivity index (χ2n) is 7.07. The van der Waals surface area contributed by atoms with E-state index in [4.69, 9.17) is 9.47 Å². The third-order valence-electron chi connectivity index (χ3n) is 5.04. The van der Waals surface area contributed by atoms with Crippen LogP contribution in [-0.2, 0) is 20.8 Å². The third kappa shape index (κ3) is 5.16. The minimum atomic E-state index is -0.126. The lowest BCUT2D eigenvalue weighted by atomic mass is 10.1. The van der Waals surface area contributed by atoms with Crippen LogP contribution < -0.4 is 5.56 Å². The number of amides is 1. The maximum Gasteiger partial charge on any atom is 0.251 e. The molecular formula is C19H28N2O4. The van der Waals surface area contributed by atoms with Crippen LogP contribution in [0.4, 0.5) is 0 Å². The van der Waals surface area contributed by atoms with E-state index in [2.05, 4.69) is 0 Å². The van der Waals surface area contributed by atoms with Crippen LogP contribution >= 0.6 is 0 Å². The molecule has 2 saturated heterocycles. The molecule has 6 heteroatoms. The van der Waals surface area contributed by atoms with E-state index < -0.39 is 0 Å². The smallest absolute Gasteiger partial charge is 0.251 e. The van der Waals surface area contributed by atoms with Crippen LogP contribution in [0.2, 0.25) is 0 Å². The Kier molecular flexibility index (Phi) is 6.26. The summed E-state index contributed by atoms with van der Waals surface area (Å²) < 4.78 is 13.1. The average Bonchev–Trinajstić information content (AvgIpc) is 2.63. The number of carbonyl (C=O) groups excluding carboxylic acids is 1. The van der Waals surface area contributed by atoms with Crippen LogP contribution in [0.3, 0.4) is 0 Å². The molecule has 0 saturated carbocycles. The Bertz CT molecular complexity index is 629. The molecule has 0 aromatic carbocycles. The lowest BCUT2D eigenvalue weighted by molar-refractivity contribution is -0.135. The van der Waals surface area contributed by atoms with Crippen molar-refractivity contribution in [3.63, 3.8) is 0 Å². The largest absolute Gasteiger partial charge is 0.376 e. The van der Waals surface area contributed by atoms with Crippen molar-refractivity contribution in [3.05, 3.63) is 34.2 Å². The predicted molar refractivity (Wildman–Crippen MR) is 94.6 cm³/mol. The number of hydrogen-bond donors (Lipinski definition) is 0. The number of rotatable bonds is 5. The zero-order chi connectivity index (χ0) is 17.6. The summed E-state index contributed by atoms with van der Waals surface area (Å²) in [4.78, 5) is 26.2. The molecule has 1 aromatic rings. The summed E-state index contributed by atoms with van der Waals surface area (Å²) in [6, 6.07) is 3.41. The number of ether oxygens (including phenoxy) is 2. The van der Waals surface area contributed by atoms with Gasteiger partial charge in [-0.05, 0) is 50.7 Å². The van der Waals surface area contributed by atoms with Crippen molar-refractivity contribution in [1.82, 2.24) is 9.47 Å². The van der Waals surface area contributed by atoms with E-state index in [1.807, 2.05) is 17.9 Å². The van der Waals surface area contributed by atoms with Crippen molar-refractivity contribution >= 4 is 5.91 Å². The van der Waals surface area contributed by atoms with Crippen LogP contribution in [0.5, 0.6) is 0 Å². The van der Waals surface area contributed by atoms with Crippen molar-refractivity contribution in [1.29, 1.82) is 0 Å². The molecule has 0 radical (unpaired) electrons. The molecule has 6 nitrogen and oxygen atoms in total. The van der Waals surface area contributed by atoms with Crippen molar-refractivity contribution in [2.45, 2.75) is 57.8 Å². The number of aryl methyl sites for hydroxylation is 1. The fourth-order valence-corrected chi connectivity index (χ4v) is 3.44. The van der Waals surface area contributed by atoms with Gasteiger partial charge in [0.25, 0.3) is 5.56 Å². The summed E-state index contributed by atoms with van der Waals surface area (Å²) in [5.41, 5.74) is 0.785. The minimum absolute atomic E-state index is 0.0000157. The van der Waals surface area contributed by atoms with Crippen molar-refractivity contribution < 1.29 is 14.3 Å². The molecule has 3 heterocycles. The van der Waals surface area contributed by atoms with Crippen LogP contribution in [0.15, 0.2) is 23.1 Å². The highest BCUT2D eigenvalue weighted by Crippen LogP contribution is 2.18. The van der Waals surface area contributed by atoms with Gasteiger partial charge in [-0.2, -0.15) is 0 Å². The van der Waals surface area contributed by atoms with E-state index in [0.717, 1.165) is 37.9 Å². The topological polar surface area (TPSA) is 60.8 Å². The fraction of sp³-hybridized carbons (Fsp3) is 0.684. The lowest BCUT2D eigenvalue weighted by Gasteiger charge is -2.33. The fourth-order valence-electron chi connectivity index (χ4n) is 3.44. The summed E-state index contributed by atoms with van der Waals surface area (Å²) in [6.45, 7) is 4.87. The van der Waals surface area contributed by atoms with Gasteiger partial charge in [0.15, 0.2) is 0 Å². The molecular weight excluding hydrogens is 320 g/mol. The van der Waals surface area contributed by atoms with Gasteiger partial charge in [0.2, 0.25) is 5.91 Å². The number of hydrogen-bond acceptors (Lipinski definition) is 4. The molecule has 2 aliphatic rings. The summed E-state index contributed by atoms with van der Waals surface area (Å²) >= 11 is 0. The molecule has 0 spiro atoms. The zero-order valence-electron chi connectivity index (χ0n) is 15.0. The number of pyridine rings is 1. The molecule has 2 fully saturated rings. The Morgan fingerprint density at radius 2 is 2.08 bits per heavy atom. The van der Waals surface area contributed by atoms with Crippen molar-refractivity contribution in [2.24, 2.45) is 0 Å². The molecule has 25 heavy (non-hydrogen) atoms. The molecule has 1 unspecified atom stereocenters. The molecule has 1 aromatic heterocycles. The van der Waals surface area contributed by atoms with Gasteiger partial charge in [-0.3, -0.25) is 9.59 Å². The zero-order valence-corrected chi connectivity index (χ0v) is 15.0. The molecule has 0 aliphatic carbocycles. The monoisotopic (exact) mass is 348 g/mol.